The summed E-state index contributed by atoms with van der Waals surface area (Å²) < 4.78 is 0. The van der Waals surface area contributed by atoms with Crippen molar-refractivity contribution >= 4 is 5.91 Å². The molecule has 1 heterocycles. The Bertz CT molecular complexity index is 827. The molecule has 1 fully saturated rings. The van der Waals surface area contributed by atoms with Crippen LogP contribution in [0.3, 0.4) is 0 Å². The van der Waals surface area contributed by atoms with Gasteiger partial charge in [0.2, 0.25) is 11.7 Å². The van der Waals surface area contributed by atoms with E-state index in [1.54, 1.807) is 11.9 Å². The number of hydrogen-bond acceptors (Lipinski definition) is 5. The van der Waals surface area contributed by atoms with Gasteiger partial charge in [0.15, 0.2) is 0 Å². The van der Waals surface area contributed by atoms with Gasteiger partial charge in [-0.25, -0.2) is 0 Å². The second-order valence-electron chi connectivity index (χ2n) is 7.58. The third-order valence-electron chi connectivity index (χ3n) is 5.47. The van der Waals surface area contributed by atoms with Crippen molar-refractivity contribution in [3.05, 3.63) is 29.8 Å². The summed E-state index contributed by atoms with van der Waals surface area (Å²) in [4.78, 5) is 15.6. The van der Waals surface area contributed by atoms with Crippen LogP contribution < -0.4 is 0 Å². The first kappa shape index (κ1) is 19.0. The number of tetrazole rings is 1. The van der Waals surface area contributed by atoms with Crippen LogP contribution in [0.4, 0.5) is 0 Å². The molecule has 1 aromatic heterocycles. The highest BCUT2D eigenvalue weighted by atomic mass is 16.2. The van der Waals surface area contributed by atoms with Crippen molar-refractivity contribution in [2.45, 2.75) is 64.0 Å². The average Bonchev–Trinajstić information content (AvgIpc) is 3.16. The third-order valence-corrected chi connectivity index (χ3v) is 5.47. The third kappa shape index (κ3) is 4.00. The summed E-state index contributed by atoms with van der Waals surface area (Å²) in [7, 11) is 1.71. The number of carbonyl (C=O) groups excluding carboxylic acids is 1. The molecule has 27 heavy (non-hydrogen) atoms. The largest absolute Gasteiger partial charge is 0.325 e. The highest BCUT2D eigenvalue weighted by Crippen LogP contribution is 2.32. The smallest absolute Gasteiger partial charge is 0.247 e. The molecule has 7 heteroatoms. The van der Waals surface area contributed by atoms with E-state index < -0.39 is 5.54 Å². The lowest BCUT2D eigenvalue weighted by atomic mass is 9.81. The Balaban J connectivity index is 1.69. The Morgan fingerprint density at radius 1 is 1.26 bits per heavy atom. The topological polar surface area (TPSA) is 87.7 Å². The van der Waals surface area contributed by atoms with Crippen LogP contribution in [0, 0.1) is 11.3 Å². The quantitative estimate of drug-likeness (QED) is 0.811. The van der Waals surface area contributed by atoms with Crippen LogP contribution in [-0.2, 0) is 11.3 Å². The Morgan fingerprint density at radius 2 is 1.93 bits per heavy atom. The fraction of sp³-hybridized carbons (Fsp3) is 0.550. The number of rotatable bonds is 5. The van der Waals surface area contributed by atoms with E-state index in [-0.39, 0.29) is 12.5 Å². The van der Waals surface area contributed by atoms with Crippen LogP contribution in [0.15, 0.2) is 24.3 Å². The molecular weight excluding hydrogens is 340 g/mol. The lowest BCUT2D eigenvalue weighted by Crippen LogP contribution is -2.50. The van der Waals surface area contributed by atoms with Crippen LogP contribution in [0.25, 0.3) is 11.4 Å². The summed E-state index contributed by atoms with van der Waals surface area (Å²) in [5, 5.41) is 22.1. The van der Waals surface area contributed by atoms with Crippen molar-refractivity contribution < 1.29 is 4.79 Å². The fourth-order valence-corrected chi connectivity index (χ4v) is 3.57. The van der Waals surface area contributed by atoms with E-state index in [9.17, 15) is 10.1 Å². The zero-order chi connectivity index (χ0) is 19.4. The maximum Gasteiger partial charge on any atom is 0.247 e. The summed E-state index contributed by atoms with van der Waals surface area (Å²) >= 11 is 0. The van der Waals surface area contributed by atoms with Crippen LogP contribution in [0.5, 0.6) is 0 Å². The summed E-state index contributed by atoms with van der Waals surface area (Å²) in [6.45, 7) is 4.27. The molecular formula is C20H26N6O. The Morgan fingerprint density at radius 3 is 2.52 bits per heavy atom. The van der Waals surface area contributed by atoms with E-state index in [2.05, 4.69) is 47.5 Å². The molecule has 1 aliphatic carbocycles. The molecule has 1 aliphatic rings. The van der Waals surface area contributed by atoms with Gasteiger partial charge in [0, 0.05) is 12.6 Å². The van der Waals surface area contributed by atoms with Gasteiger partial charge < -0.3 is 4.90 Å². The standard InChI is InChI=1S/C20H26N6O/c1-15(2)16-7-9-17(10-8-16)19-22-24-26(23-19)13-18(27)25(3)20(14-21)11-5-4-6-12-20/h7-10,15H,4-6,11-13H2,1-3H3. The molecule has 0 radical (unpaired) electrons. The van der Waals surface area contributed by atoms with Crippen molar-refractivity contribution in [2.24, 2.45) is 0 Å². The van der Waals surface area contributed by atoms with Crippen LogP contribution in [0.2, 0.25) is 0 Å². The van der Waals surface area contributed by atoms with Crippen molar-refractivity contribution in [2.75, 3.05) is 7.05 Å². The maximum absolute atomic E-state index is 12.7. The predicted molar refractivity (Wildman–Crippen MR) is 102 cm³/mol. The van der Waals surface area contributed by atoms with E-state index in [0.29, 0.717) is 11.7 Å². The molecule has 0 saturated heterocycles. The first-order valence-corrected chi connectivity index (χ1v) is 9.51. The second-order valence-corrected chi connectivity index (χ2v) is 7.58. The molecule has 1 saturated carbocycles. The van der Waals surface area contributed by atoms with Crippen molar-refractivity contribution in [3.8, 4) is 17.5 Å². The average molecular weight is 366 g/mol. The Hall–Kier alpha value is -2.75. The molecule has 142 valence electrons. The zero-order valence-corrected chi connectivity index (χ0v) is 16.2. The zero-order valence-electron chi connectivity index (χ0n) is 16.2. The molecule has 0 atom stereocenters. The van der Waals surface area contributed by atoms with E-state index in [0.717, 1.165) is 37.7 Å². The second kappa shape index (κ2) is 7.87. The van der Waals surface area contributed by atoms with Crippen LogP contribution >= 0.6 is 0 Å². The van der Waals surface area contributed by atoms with E-state index >= 15 is 0 Å². The number of nitriles is 1. The molecule has 1 amide bonds. The summed E-state index contributed by atoms with van der Waals surface area (Å²) in [5.41, 5.74) is 1.41. The van der Waals surface area contributed by atoms with Gasteiger partial charge >= 0.3 is 0 Å². The van der Waals surface area contributed by atoms with Gasteiger partial charge in [-0.15, -0.1) is 10.2 Å². The number of benzene rings is 1. The molecule has 0 aliphatic heterocycles. The Kier molecular flexibility index (Phi) is 5.54. The van der Waals surface area contributed by atoms with Crippen molar-refractivity contribution in [1.82, 2.24) is 25.1 Å². The summed E-state index contributed by atoms with van der Waals surface area (Å²) in [5.74, 6) is 0.786. The fourth-order valence-electron chi connectivity index (χ4n) is 3.57. The number of amides is 1. The van der Waals surface area contributed by atoms with Gasteiger partial charge in [0.1, 0.15) is 12.1 Å². The van der Waals surface area contributed by atoms with Gasteiger partial charge in [-0.05, 0) is 29.5 Å². The van der Waals surface area contributed by atoms with Crippen LogP contribution in [-0.4, -0.2) is 43.6 Å². The van der Waals surface area contributed by atoms with Gasteiger partial charge in [-0.3, -0.25) is 4.79 Å². The maximum atomic E-state index is 12.7. The van der Waals surface area contributed by atoms with Gasteiger partial charge in [0.25, 0.3) is 0 Å². The molecule has 0 bridgehead atoms. The van der Waals surface area contributed by atoms with Crippen molar-refractivity contribution in [1.29, 1.82) is 5.26 Å². The monoisotopic (exact) mass is 366 g/mol. The summed E-state index contributed by atoms with van der Waals surface area (Å²) in [6.07, 6.45) is 4.52. The normalized spacial score (nSPS) is 16.1. The number of nitrogens with zero attached hydrogens (tertiary/aromatic N) is 6. The number of carbonyl (C=O) groups is 1. The lowest BCUT2D eigenvalue weighted by molar-refractivity contribution is -0.136. The van der Waals surface area contributed by atoms with Crippen molar-refractivity contribution in [3.63, 3.8) is 0 Å². The first-order chi connectivity index (χ1) is 12.9. The minimum absolute atomic E-state index is 0.0169. The molecule has 0 unspecified atom stereocenters. The highest BCUT2D eigenvalue weighted by Gasteiger charge is 2.38. The molecule has 3 rings (SSSR count). The lowest BCUT2D eigenvalue weighted by Gasteiger charge is -2.38. The number of aromatic nitrogens is 4. The Labute approximate surface area is 160 Å². The van der Waals surface area contributed by atoms with Gasteiger partial charge in [-0.1, -0.05) is 57.4 Å². The minimum Gasteiger partial charge on any atom is -0.325 e. The number of hydrogen-bond donors (Lipinski definition) is 0. The van der Waals surface area contributed by atoms with Crippen LogP contribution in [0.1, 0.15) is 57.4 Å². The molecule has 2 aromatic rings. The van der Waals surface area contributed by atoms with E-state index in [4.69, 9.17) is 0 Å². The van der Waals surface area contributed by atoms with E-state index in [1.165, 1.54) is 10.4 Å². The minimum atomic E-state index is -0.703. The van der Waals surface area contributed by atoms with Gasteiger partial charge in [0.05, 0.1) is 6.07 Å². The first-order valence-electron chi connectivity index (χ1n) is 9.51. The summed E-state index contributed by atoms with van der Waals surface area (Å²) in [6, 6.07) is 10.4. The predicted octanol–water partition coefficient (Wildman–Crippen LogP) is 3.15. The SMILES string of the molecule is CC(C)c1ccc(-c2nnn(CC(=O)N(C)C3(C#N)CCCCC3)n2)cc1. The van der Waals surface area contributed by atoms with E-state index in [1.807, 2.05) is 12.1 Å². The molecule has 0 N–H and O–H groups in total. The molecule has 0 spiro atoms. The number of likely N-dealkylation sites (N-methyl/N-ethyl adjacent to an activating group) is 1. The molecule has 1 aromatic carbocycles. The van der Waals surface area contributed by atoms with Gasteiger partial charge in [-0.2, -0.15) is 10.1 Å². The molecule has 7 nitrogen and oxygen atoms in total. The highest BCUT2D eigenvalue weighted by molar-refractivity contribution is 5.77.